The molecule has 116 valence electrons. The van der Waals surface area contributed by atoms with Gasteiger partial charge >= 0.3 is 0 Å². The Morgan fingerprint density at radius 1 is 0.947 bits per heavy atom. The fourth-order valence-corrected chi connectivity index (χ4v) is 2.39. The van der Waals surface area contributed by atoms with Crippen molar-refractivity contribution in [3.63, 3.8) is 0 Å². The van der Waals surface area contributed by atoms with Crippen LogP contribution in [0.1, 0.15) is 46.0 Å². The van der Waals surface area contributed by atoms with Crippen LogP contribution in [0.4, 0.5) is 0 Å². The van der Waals surface area contributed by atoms with Crippen molar-refractivity contribution in [2.75, 3.05) is 40.3 Å². The molecule has 0 radical (unpaired) electrons. The highest BCUT2D eigenvalue weighted by Gasteiger charge is 2.19. The monoisotopic (exact) mass is 272 g/mol. The van der Waals surface area contributed by atoms with Gasteiger partial charge in [0, 0.05) is 18.6 Å². The minimum atomic E-state index is 0.172. The molecule has 0 bridgehead atoms. The predicted octanol–water partition coefficient (Wildman–Crippen LogP) is 1.49. The molecule has 2 unspecified atom stereocenters. The zero-order valence-electron chi connectivity index (χ0n) is 13.6. The average molecular weight is 272 g/mol. The van der Waals surface area contributed by atoms with Crippen molar-refractivity contribution in [1.29, 1.82) is 0 Å². The molecule has 0 aromatic heterocycles. The van der Waals surface area contributed by atoms with E-state index in [1.807, 2.05) is 0 Å². The molecule has 0 aliphatic carbocycles. The Kier molecular flexibility index (Phi) is 11.6. The lowest BCUT2D eigenvalue weighted by Gasteiger charge is -2.31. The molecule has 4 N–H and O–H groups in total. The second-order valence-electron chi connectivity index (χ2n) is 5.77. The molecule has 0 saturated carbocycles. The van der Waals surface area contributed by atoms with Crippen LogP contribution >= 0.6 is 0 Å². The highest BCUT2D eigenvalue weighted by molar-refractivity contribution is 4.81. The first-order chi connectivity index (χ1) is 9.06. The SMILES string of the molecule is CCCCN(CCCC)CCC(N)C(CN)N(C)C. The third-order valence-electron chi connectivity index (χ3n) is 3.83. The van der Waals surface area contributed by atoms with Gasteiger partial charge in [0.05, 0.1) is 0 Å². The molecule has 0 fully saturated rings. The third kappa shape index (κ3) is 8.58. The van der Waals surface area contributed by atoms with Crippen molar-refractivity contribution in [2.45, 2.75) is 58.0 Å². The molecule has 0 rings (SSSR count). The smallest absolute Gasteiger partial charge is 0.0364 e. The van der Waals surface area contributed by atoms with Gasteiger partial charge in [0.1, 0.15) is 0 Å². The van der Waals surface area contributed by atoms with Crippen LogP contribution in [0, 0.1) is 0 Å². The van der Waals surface area contributed by atoms with Crippen molar-refractivity contribution in [3.8, 4) is 0 Å². The zero-order valence-corrected chi connectivity index (χ0v) is 13.6. The van der Waals surface area contributed by atoms with Crippen molar-refractivity contribution in [2.24, 2.45) is 11.5 Å². The molecule has 0 aliphatic rings. The Morgan fingerprint density at radius 3 is 1.84 bits per heavy atom. The first-order valence-corrected chi connectivity index (χ1v) is 7.91. The molecule has 0 heterocycles. The van der Waals surface area contributed by atoms with E-state index in [1.165, 1.54) is 38.8 Å². The van der Waals surface area contributed by atoms with Crippen LogP contribution < -0.4 is 11.5 Å². The van der Waals surface area contributed by atoms with Gasteiger partial charge in [0.15, 0.2) is 0 Å². The van der Waals surface area contributed by atoms with Crippen LogP contribution in [0.25, 0.3) is 0 Å². The third-order valence-corrected chi connectivity index (χ3v) is 3.83. The van der Waals surface area contributed by atoms with E-state index in [9.17, 15) is 0 Å². The molecular formula is C15H36N4. The molecule has 4 heteroatoms. The molecule has 0 spiro atoms. The second kappa shape index (κ2) is 11.6. The Balaban J connectivity index is 4.12. The quantitative estimate of drug-likeness (QED) is 0.565. The predicted molar refractivity (Wildman–Crippen MR) is 85.4 cm³/mol. The van der Waals surface area contributed by atoms with E-state index in [1.54, 1.807) is 0 Å². The topological polar surface area (TPSA) is 58.5 Å². The summed E-state index contributed by atoms with van der Waals surface area (Å²) < 4.78 is 0. The minimum Gasteiger partial charge on any atom is -0.329 e. The lowest BCUT2D eigenvalue weighted by Crippen LogP contribution is -2.50. The molecule has 4 nitrogen and oxygen atoms in total. The highest BCUT2D eigenvalue weighted by Crippen LogP contribution is 2.05. The van der Waals surface area contributed by atoms with E-state index in [4.69, 9.17) is 11.5 Å². The van der Waals surface area contributed by atoms with E-state index in [0.29, 0.717) is 12.6 Å². The summed E-state index contributed by atoms with van der Waals surface area (Å²) in [6.07, 6.45) is 6.13. The van der Waals surface area contributed by atoms with Crippen LogP contribution in [0.15, 0.2) is 0 Å². The van der Waals surface area contributed by atoms with Gasteiger partial charge in [-0.1, -0.05) is 26.7 Å². The van der Waals surface area contributed by atoms with Gasteiger partial charge in [-0.2, -0.15) is 0 Å². The molecule has 0 aromatic carbocycles. The standard InChI is InChI=1S/C15H36N4/c1-5-7-10-19(11-8-6-2)12-9-14(17)15(13-16)18(3)4/h14-15H,5-13,16-17H2,1-4H3. The maximum Gasteiger partial charge on any atom is 0.0364 e. The molecule has 0 amide bonds. The highest BCUT2D eigenvalue weighted by atomic mass is 15.1. The van der Waals surface area contributed by atoms with E-state index in [2.05, 4.69) is 37.7 Å². The van der Waals surface area contributed by atoms with Gasteiger partial charge in [0.2, 0.25) is 0 Å². The van der Waals surface area contributed by atoms with E-state index in [0.717, 1.165) is 13.0 Å². The average Bonchev–Trinajstić information content (AvgIpc) is 2.38. The van der Waals surface area contributed by atoms with Gasteiger partial charge in [-0.05, 0) is 53.0 Å². The first kappa shape index (κ1) is 18.8. The van der Waals surface area contributed by atoms with Crippen molar-refractivity contribution >= 4 is 0 Å². The summed E-state index contributed by atoms with van der Waals surface area (Å²) in [6, 6.07) is 0.463. The van der Waals surface area contributed by atoms with Gasteiger partial charge in [-0.3, -0.25) is 0 Å². The van der Waals surface area contributed by atoms with Crippen LogP contribution in [0.3, 0.4) is 0 Å². The second-order valence-corrected chi connectivity index (χ2v) is 5.77. The Hall–Kier alpha value is -0.160. The number of hydrogen-bond donors (Lipinski definition) is 2. The van der Waals surface area contributed by atoms with Crippen molar-refractivity contribution < 1.29 is 0 Å². The summed E-state index contributed by atoms with van der Waals surface area (Å²) in [5.41, 5.74) is 12.1. The normalized spacial score (nSPS) is 15.2. The molecule has 19 heavy (non-hydrogen) atoms. The Morgan fingerprint density at radius 2 is 1.47 bits per heavy atom. The number of rotatable bonds is 12. The minimum absolute atomic E-state index is 0.172. The lowest BCUT2D eigenvalue weighted by molar-refractivity contribution is 0.213. The van der Waals surface area contributed by atoms with Crippen molar-refractivity contribution in [1.82, 2.24) is 9.80 Å². The summed E-state index contributed by atoms with van der Waals surface area (Å²) in [5.74, 6) is 0. The Bertz CT molecular complexity index is 189. The molecule has 0 aliphatic heterocycles. The van der Waals surface area contributed by atoms with E-state index < -0.39 is 0 Å². The molecule has 2 atom stereocenters. The summed E-state index contributed by atoms with van der Waals surface area (Å²) in [5, 5.41) is 0. The maximum absolute atomic E-state index is 6.29. The van der Waals surface area contributed by atoms with Crippen LogP contribution in [-0.2, 0) is 0 Å². The van der Waals surface area contributed by atoms with E-state index in [-0.39, 0.29) is 6.04 Å². The summed E-state index contributed by atoms with van der Waals surface area (Å²) in [6.45, 7) is 8.65. The summed E-state index contributed by atoms with van der Waals surface area (Å²) >= 11 is 0. The number of unbranched alkanes of at least 4 members (excludes halogenated alkanes) is 2. The number of likely N-dealkylation sites (N-methyl/N-ethyl adjacent to an activating group) is 1. The number of hydrogen-bond acceptors (Lipinski definition) is 4. The van der Waals surface area contributed by atoms with Gasteiger partial charge < -0.3 is 21.3 Å². The molecule has 0 aromatic rings. The first-order valence-electron chi connectivity index (χ1n) is 7.91. The fraction of sp³-hybridized carbons (Fsp3) is 1.00. The number of nitrogens with two attached hydrogens (primary N) is 2. The molecular weight excluding hydrogens is 236 g/mol. The van der Waals surface area contributed by atoms with Gasteiger partial charge in [0.25, 0.3) is 0 Å². The largest absolute Gasteiger partial charge is 0.329 e. The van der Waals surface area contributed by atoms with Crippen LogP contribution in [-0.4, -0.2) is 62.2 Å². The molecule has 0 saturated heterocycles. The van der Waals surface area contributed by atoms with Crippen molar-refractivity contribution in [3.05, 3.63) is 0 Å². The van der Waals surface area contributed by atoms with Crippen LogP contribution in [0.2, 0.25) is 0 Å². The zero-order chi connectivity index (χ0) is 14.7. The van der Waals surface area contributed by atoms with Gasteiger partial charge in [-0.25, -0.2) is 0 Å². The fourth-order valence-electron chi connectivity index (χ4n) is 2.39. The van der Waals surface area contributed by atoms with Gasteiger partial charge in [-0.15, -0.1) is 0 Å². The summed E-state index contributed by atoms with van der Waals surface area (Å²) in [7, 11) is 4.12. The lowest BCUT2D eigenvalue weighted by atomic mass is 10.0. The van der Waals surface area contributed by atoms with Crippen LogP contribution in [0.5, 0.6) is 0 Å². The Labute approximate surface area is 120 Å². The number of nitrogens with zero attached hydrogens (tertiary/aromatic N) is 2. The maximum atomic E-state index is 6.29. The van der Waals surface area contributed by atoms with E-state index >= 15 is 0 Å². The summed E-state index contributed by atoms with van der Waals surface area (Å²) in [4.78, 5) is 4.71.